The number of hydrogen-bond acceptors (Lipinski definition) is 3. The van der Waals surface area contributed by atoms with Crippen LogP contribution in [0.15, 0.2) is 54.6 Å². The van der Waals surface area contributed by atoms with Gasteiger partial charge in [-0.2, -0.15) is 0 Å². The maximum Gasteiger partial charge on any atom is 0.221 e. The van der Waals surface area contributed by atoms with Crippen LogP contribution in [0.4, 0.5) is 0 Å². The smallest absolute Gasteiger partial charge is 0.221 e. The Balaban J connectivity index is 2.13. The Morgan fingerprint density at radius 1 is 1.10 bits per heavy atom. The van der Waals surface area contributed by atoms with Crippen molar-refractivity contribution in [2.45, 2.75) is 6.29 Å². The second-order valence-corrected chi connectivity index (χ2v) is 4.18. The molecule has 0 saturated heterocycles. The summed E-state index contributed by atoms with van der Waals surface area (Å²) in [6.45, 7) is -0.102. The summed E-state index contributed by atoms with van der Waals surface area (Å²) in [5.41, 5.74) is 2.45. The topological polar surface area (TPSA) is 46.5 Å². The summed E-state index contributed by atoms with van der Waals surface area (Å²) in [6, 6.07) is 16.8. The summed E-state index contributed by atoms with van der Waals surface area (Å²) < 4.78 is 4.79. The predicted octanol–water partition coefficient (Wildman–Crippen LogP) is 2.50. The van der Waals surface area contributed by atoms with Gasteiger partial charge in [0.2, 0.25) is 12.1 Å². The van der Waals surface area contributed by atoms with Crippen LogP contribution in [0.2, 0.25) is 0 Å². The molecule has 2 rings (SSSR count). The highest BCUT2D eigenvalue weighted by Crippen LogP contribution is 2.19. The number of rotatable bonds is 5. The molecule has 20 heavy (non-hydrogen) atoms. The molecule has 0 heterocycles. The van der Waals surface area contributed by atoms with Gasteiger partial charge in [-0.25, -0.2) is 0 Å². The van der Waals surface area contributed by atoms with Crippen LogP contribution >= 0.6 is 0 Å². The van der Waals surface area contributed by atoms with Crippen LogP contribution in [0, 0.1) is 12.3 Å². The zero-order valence-corrected chi connectivity index (χ0v) is 10.8. The molecule has 0 aliphatic heterocycles. The van der Waals surface area contributed by atoms with E-state index in [0.29, 0.717) is 5.56 Å². The molecule has 0 aliphatic rings. The van der Waals surface area contributed by atoms with Crippen molar-refractivity contribution < 1.29 is 14.6 Å². The van der Waals surface area contributed by atoms with Crippen LogP contribution in [0.5, 0.6) is 0 Å². The first-order valence-corrected chi connectivity index (χ1v) is 6.15. The maximum atomic E-state index is 11.9. The number of carbonyl (C=O) groups is 1. The molecule has 0 radical (unpaired) electrons. The van der Waals surface area contributed by atoms with Crippen molar-refractivity contribution in [2.24, 2.45) is 0 Å². The molecule has 1 atom stereocenters. The molecule has 2 aromatic carbocycles. The van der Waals surface area contributed by atoms with Crippen molar-refractivity contribution in [3.8, 4) is 23.5 Å². The monoisotopic (exact) mass is 266 g/mol. The first kappa shape index (κ1) is 14.0. The number of ketones is 1. The third kappa shape index (κ3) is 3.33. The first-order valence-electron chi connectivity index (χ1n) is 6.15. The lowest BCUT2D eigenvalue weighted by molar-refractivity contribution is -0.0602. The molecule has 3 heteroatoms. The summed E-state index contributed by atoms with van der Waals surface area (Å²) in [4.78, 5) is 11.9. The van der Waals surface area contributed by atoms with Gasteiger partial charge in [-0.1, -0.05) is 60.5 Å². The summed E-state index contributed by atoms with van der Waals surface area (Å²) in [7, 11) is 0. The summed E-state index contributed by atoms with van der Waals surface area (Å²) in [5, 5.41) is 9.52. The van der Waals surface area contributed by atoms with E-state index in [2.05, 4.69) is 5.92 Å². The number of hydrogen-bond donors (Lipinski definition) is 1. The van der Waals surface area contributed by atoms with E-state index in [1.54, 1.807) is 12.1 Å². The number of terminal acetylenes is 1. The second-order valence-electron chi connectivity index (χ2n) is 4.18. The Labute approximate surface area is 117 Å². The average molecular weight is 266 g/mol. The Morgan fingerprint density at radius 3 is 2.30 bits per heavy atom. The average Bonchev–Trinajstić information content (AvgIpc) is 2.53. The van der Waals surface area contributed by atoms with Gasteiger partial charge >= 0.3 is 0 Å². The van der Waals surface area contributed by atoms with E-state index in [0.717, 1.165) is 11.1 Å². The number of benzene rings is 2. The normalized spacial score (nSPS) is 11.6. The molecule has 2 aromatic rings. The fourth-order valence-corrected chi connectivity index (χ4v) is 1.80. The Hall–Kier alpha value is -2.41. The van der Waals surface area contributed by atoms with Crippen molar-refractivity contribution in [3.05, 3.63) is 60.2 Å². The second kappa shape index (κ2) is 6.67. The minimum absolute atomic E-state index is 0.102. The molecule has 0 fully saturated rings. The van der Waals surface area contributed by atoms with Gasteiger partial charge in [0.05, 0.1) is 0 Å². The molecule has 0 amide bonds. The zero-order valence-electron chi connectivity index (χ0n) is 10.8. The van der Waals surface area contributed by atoms with Gasteiger partial charge in [0, 0.05) is 5.56 Å². The number of ether oxygens (including phenoxy) is 1. The van der Waals surface area contributed by atoms with Gasteiger partial charge in [0.15, 0.2) is 0 Å². The quantitative estimate of drug-likeness (QED) is 0.514. The van der Waals surface area contributed by atoms with Gasteiger partial charge in [0.1, 0.15) is 6.61 Å². The molecule has 0 unspecified atom stereocenters. The molecule has 0 bridgehead atoms. The Bertz CT molecular complexity index is 609. The molecule has 1 N–H and O–H groups in total. The third-order valence-electron chi connectivity index (χ3n) is 2.83. The molecule has 0 saturated carbocycles. The minimum Gasteiger partial charge on any atom is -0.362 e. The van der Waals surface area contributed by atoms with E-state index in [4.69, 9.17) is 11.2 Å². The predicted molar refractivity (Wildman–Crippen MR) is 77.0 cm³/mol. The lowest BCUT2D eigenvalue weighted by Crippen LogP contribution is -2.24. The molecule has 0 aliphatic carbocycles. The van der Waals surface area contributed by atoms with E-state index in [-0.39, 0.29) is 6.61 Å². The van der Waals surface area contributed by atoms with Crippen LogP contribution in [-0.2, 0) is 4.74 Å². The highest BCUT2D eigenvalue weighted by Gasteiger charge is 2.17. The lowest BCUT2D eigenvalue weighted by atomic mass is 10.0. The number of aliphatic hydroxyl groups is 1. The van der Waals surface area contributed by atoms with Gasteiger partial charge < -0.3 is 9.84 Å². The molecule has 0 spiro atoms. The molecular weight excluding hydrogens is 252 g/mol. The van der Waals surface area contributed by atoms with Gasteiger partial charge in [0.25, 0.3) is 0 Å². The minimum atomic E-state index is -1.52. The third-order valence-corrected chi connectivity index (χ3v) is 2.83. The fourth-order valence-electron chi connectivity index (χ4n) is 1.80. The van der Waals surface area contributed by atoms with E-state index in [9.17, 15) is 9.90 Å². The van der Waals surface area contributed by atoms with Crippen molar-refractivity contribution >= 4 is 5.78 Å². The SMILES string of the molecule is C#CCO[C@H](O)C(=O)c1ccc(-c2ccccc2)cc1. The highest BCUT2D eigenvalue weighted by molar-refractivity contribution is 5.98. The van der Waals surface area contributed by atoms with E-state index in [1.807, 2.05) is 42.5 Å². The fraction of sp³-hybridized carbons (Fsp3) is 0.118. The maximum absolute atomic E-state index is 11.9. The van der Waals surface area contributed by atoms with E-state index < -0.39 is 12.1 Å². The summed E-state index contributed by atoms with van der Waals surface area (Å²) in [6.07, 6.45) is 3.48. The lowest BCUT2D eigenvalue weighted by Gasteiger charge is -2.09. The van der Waals surface area contributed by atoms with Crippen LogP contribution in [0.25, 0.3) is 11.1 Å². The molecule has 3 nitrogen and oxygen atoms in total. The Kier molecular flexibility index (Phi) is 4.67. The molecule has 100 valence electrons. The van der Waals surface area contributed by atoms with Crippen LogP contribution in [-0.4, -0.2) is 23.8 Å². The van der Waals surface area contributed by atoms with Gasteiger partial charge in [-0.3, -0.25) is 4.79 Å². The van der Waals surface area contributed by atoms with Crippen molar-refractivity contribution in [3.63, 3.8) is 0 Å². The summed E-state index contributed by atoms with van der Waals surface area (Å²) >= 11 is 0. The number of carbonyl (C=O) groups excluding carboxylic acids is 1. The van der Waals surface area contributed by atoms with Crippen molar-refractivity contribution in [1.82, 2.24) is 0 Å². The van der Waals surface area contributed by atoms with E-state index >= 15 is 0 Å². The number of aliphatic hydroxyl groups excluding tert-OH is 1. The van der Waals surface area contributed by atoms with Gasteiger partial charge in [-0.05, 0) is 11.1 Å². The van der Waals surface area contributed by atoms with Crippen LogP contribution < -0.4 is 0 Å². The zero-order chi connectivity index (χ0) is 14.4. The largest absolute Gasteiger partial charge is 0.362 e. The van der Waals surface area contributed by atoms with Crippen molar-refractivity contribution in [2.75, 3.05) is 6.61 Å². The van der Waals surface area contributed by atoms with Gasteiger partial charge in [-0.15, -0.1) is 6.42 Å². The Morgan fingerprint density at radius 2 is 1.70 bits per heavy atom. The highest BCUT2D eigenvalue weighted by atomic mass is 16.6. The molecular formula is C17H14O3. The van der Waals surface area contributed by atoms with Crippen molar-refractivity contribution in [1.29, 1.82) is 0 Å². The number of Topliss-reactive ketones (excluding diaryl/α,β-unsaturated/α-hetero) is 1. The molecule has 0 aromatic heterocycles. The van der Waals surface area contributed by atoms with Crippen LogP contribution in [0.1, 0.15) is 10.4 Å². The van der Waals surface area contributed by atoms with Crippen LogP contribution in [0.3, 0.4) is 0 Å². The standard InChI is InChI=1S/C17H14O3/c1-2-12-20-17(19)16(18)15-10-8-14(9-11-15)13-6-4-3-5-7-13/h1,3-11,17,19H,12H2/t17-/m0/s1. The first-order chi connectivity index (χ1) is 9.72. The summed E-state index contributed by atoms with van der Waals surface area (Å²) in [5.74, 6) is 1.70. The van der Waals surface area contributed by atoms with E-state index in [1.165, 1.54) is 0 Å².